The normalized spacial score (nSPS) is 12.0. The molecule has 4 aromatic heterocycles. The van der Waals surface area contributed by atoms with Gasteiger partial charge in [0.2, 0.25) is 5.95 Å². The van der Waals surface area contributed by atoms with Crippen LogP contribution in [-0.4, -0.2) is 19.1 Å². The molecular weight excluding hydrogens is 1020 g/mol. The Kier molecular flexibility index (Phi) is 9.99. The molecule has 6 heteroatoms. The number of anilines is 3. The van der Waals surface area contributed by atoms with E-state index in [9.17, 15) is 0 Å². The molecule has 6 nitrogen and oxygen atoms in total. The van der Waals surface area contributed by atoms with Crippen molar-refractivity contribution in [3.8, 4) is 34.2 Å². The molecule has 0 N–H and O–H groups in total. The van der Waals surface area contributed by atoms with Gasteiger partial charge in [-0.25, -0.2) is 9.97 Å². The minimum atomic E-state index is 0.548. The lowest BCUT2D eigenvalue weighted by molar-refractivity contribution is 0.671. The van der Waals surface area contributed by atoms with Gasteiger partial charge in [0.1, 0.15) is 11.1 Å². The number of nitrogens with zero attached hydrogens (tertiary/aromatic N) is 5. The maximum atomic E-state index is 7.56. The fraction of sp³-hybridized carbons (Fsp3) is 0. The summed E-state index contributed by atoms with van der Waals surface area (Å²) in [5, 5.41) is 18.3. The van der Waals surface area contributed by atoms with E-state index in [1.165, 1.54) is 37.7 Å². The Balaban J connectivity index is 0.970. The summed E-state index contributed by atoms with van der Waals surface area (Å²) in [5.41, 5.74) is 13.7. The van der Waals surface area contributed by atoms with E-state index in [-0.39, 0.29) is 0 Å². The Morgan fingerprint density at radius 3 is 1.55 bits per heavy atom. The molecule has 0 bridgehead atoms. The molecule has 14 aromatic carbocycles. The second-order valence-electron chi connectivity index (χ2n) is 22.0. The second-order valence-corrected chi connectivity index (χ2v) is 22.0. The maximum absolute atomic E-state index is 7.56. The van der Waals surface area contributed by atoms with Gasteiger partial charge in [-0.05, 0) is 139 Å². The molecule has 0 saturated heterocycles. The summed E-state index contributed by atoms with van der Waals surface area (Å²) in [6.07, 6.45) is 0. The molecule has 4 heterocycles. The highest BCUT2D eigenvalue weighted by atomic mass is 16.3. The average Bonchev–Trinajstić information content (AvgIpc) is 3.23. The smallest absolute Gasteiger partial charge is 0.235 e. The summed E-state index contributed by atoms with van der Waals surface area (Å²) < 4.78 is 12.2. The number of aromatic nitrogens is 4. The van der Waals surface area contributed by atoms with E-state index >= 15 is 0 Å². The minimum Gasteiger partial charge on any atom is -0.454 e. The average molecular weight is 1070 g/mol. The van der Waals surface area contributed by atoms with Crippen molar-refractivity contribution in [2.24, 2.45) is 0 Å². The van der Waals surface area contributed by atoms with Gasteiger partial charge in [0, 0.05) is 66.2 Å². The molecule has 0 radical (unpaired) electrons. The third kappa shape index (κ3) is 6.85. The van der Waals surface area contributed by atoms with Gasteiger partial charge in [0.25, 0.3) is 0 Å². The van der Waals surface area contributed by atoms with Gasteiger partial charge in [0.15, 0.2) is 5.58 Å². The molecular formula is C78H47N5O. The molecule has 0 atom stereocenters. The lowest BCUT2D eigenvalue weighted by Gasteiger charge is -2.26. The fourth-order valence-electron chi connectivity index (χ4n) is 13.8. The van der Waals surface area contributed by atoms with E-state index in [4.69, 9.17) is 14.4 Å². The van der Waals surface area contributed by atoms with Gasteiger partial charge in [0.05, 0.1) is 27.9 Å². The molecule has 390 valence electrons. The highest BCUT2D eigenvalue weighted by molar-refractivity contribution is 6.37. The largest absolute Gasteiger partial charge is 0.454 e. The molecule has 0 spiro atoms. The minimum absolute atomic E-state index is 0.548. The van der Waals surface area contributed by atoms with E-state index in [0.29, 0.717) is 5.95 Å². The molecule has 0 saturated carbocycles. The Morgan fingerprint density at radius 1 is 0.310 bits per heavy atom. The summed E-state index contributed by atoms with van der Waals surface area (Å²) in [7, 11) is 0. The van der Waals surface area contributed by atoms with E-state index in [2.05, 4.69) is 299 Å². The van der Waals surface area contributed by atoms with Crippen molar-refractivity contribution in [2.45, 2.75) is 0 Å². The van der Waals surface area contributed by atoms with Gasteiger partial charge in [-0.3, -0.25) is 4.57 Å². The third-order valence-corrected chi connectivity index (χ3v) is 17.4. The zero-order valence-corrected chi connectivity index (χ0v) is 45.3. The Bertz CT molecular complexity index is 5740. The van der Waals surface area contributed by atoms with Crippen molar-refractivity contribution in [1.29, 1.82) is 0 Å². The van der Waals surface area contributed by atoms with Crippen LogP contribution in [-0.2, 0) is 0 Å². The van der Waals surface area contributed by atoms with Crippen LogP contribution in [0, 0.1) is 0 Å². The van der Waals surface area contributed by atoms with E-state index in [1.807, 2.05) is 0 Å². The number of para-hydroxylation sites is 3. The first kappa shape index (κ1) is 46.4. The zero-order valence-electron chi connectivity index (χ0n) is 45.3. The Morgan fingerprint density at radius 2 is 0.833 bits per heavy atom. The van der Waals surface area contributed by atoms with E-state index in [0.717, 1.165) is 127 Å². The zero-order chi connectivity index (χ0) is 55.0. The molecule has 0 aliphatic rings. The van der Waals surface area contributed by atoms with Crippen molar-refractivity contribution in [3.05, 3.63) is 285 Å². The highest BCUT2D eigenvalue weighted by Gasteiger charge is 2.28. The third-order valence-electron chi connectivity index (χ3n) is 17.4. The van der Waals surface area contributed by atoms with Crippen molar-refractivity contribution < 1.29 is 4.42 Å². The summed E-state index contributed by atoms with van der Waals surface area (Å²) in [4.78, 5) is 13.7. The molecule has 0 unspecified atom stereocenters. The summed E-state index contributed by atoms with van der Waals surface area (Å²) in [5.74, 6) is 0.548. The molecule has 0 amide bonds. The number of furan rings is 1. The standard InChI is InChI=1S/C78H47N5O/c1-4-22-49(23-5-1)68-47-69(59-37-20-24-48-21-10-11-29-54(48)59)80-78(79-68)83-72-42-40-53(81(50-25-6-2-7-26-50)52-39-41-71-65(43-52)60-34-18-19-38-70(60)82(71)51-27-8-3-9-28-51)44-66(72)74-61-35-16-17-36-62(61)75-67-45-63-57-32-14-12-30-55(57)56-31-13-15-33-58(56)64(63)46-73(67)84-77(75)76(74)83/h1-47H. The molecule has 0 aliphatic heterocycles. The Hall–Kier alpha value is -11.3. The molecule has 0 fully saturated rings. The SMILES string of the molecule is c1ccc(-c2cc(-c3cccc4ccccc34)nc(-n3c4ccc(N(c5ccccc5)c5ccc6c(c5)c5ccccc5n6-c5ccccc5)cc4c4c5ccccc5c5c6cc7c8ccccc8c8ccccc8c7cc6oc5c43)n2)cc1. The molecule has 18 rings (SSSR count). The van der Waals surface area contributed by atoms with Crippen LogP contribution in [0.15, 0.2) is 290 Å². The number of benzene rings is 14. The van der Waals surface area contributed by atoms with Gasteiger partial charge >= 0.3 is 0 Å². The van der Waals surface area contributed by atoms with Crippen LogP contribution in [0.2, 0.25) is 0 Å². The molecule has 84 heavy (non-hydrogen) atoms. The first-order valence-electron chi connectivity index (χ1n) is 28.6. The second kappa shape index (κ2) is 18.1. The number of hydrogen-bond donors (Lipinski definition) is 0. The molecule has 0 aliphatic carbocycles. The lowest BCUT2D eigenvalue weighted by Crippen LogP contribution is -2.10. The maximum Gasteiger partial charge on any atom is 0.235 e. The van der Waals surface area contributed by atoms with Gasteiger partial charge in [-0.1, -0.05) is 200 Å². The highest BCUT2D eigenvalue weighted by Crippen LogP contribution is 2.50. The van der Waals surface area contributed by atoms with E-state index < -0.39 is 0 Å². The van der Waals surface area contributed by atoms with Crippen LogP contribution < -0.4 is 4.90 Å². The Labute approximate surface area is 481 Å². The number of hydrogen-bond acceptors (Lipinski definition) is 4. The predicted octanol–water partition coefficient (Wildman–Crippen LogP) is 21.1. The van der Waals surface area contributed by atoms with Crippen molar-refractivity contribution in [1.82, 2.24) is 19.1 Å². The number of rotatable bonds is 7. The first-order chi connectivity index (χ1) is 41.7. The fourth-order valence-corrected chi connectivity index (χ4v) is 13.8. The molecule has 18 aromatic rings. The van der Waals surface area contributed by atoms with Gasteiger partial charge < -0.3 is 13.9 Å². The van der Waals surface area contributed by atoms with Crippen LogP contribution in [0.5, 0.6) is 0 Å². The van der Waals surface area contributed by atoms with Crippen molar-refractivity contribution >= 4 is 136 Å². The quantitative estimate of drug-likeness (QED) is 0.149. The van der Waals surface area contributed by atoms with Crippen molar-refractivity contribution in [2.75, 3.05) is 4.90 Å². The van der Waals surface area contributed by atoms with Crippen LogP contribution in [0.1, 0.15) is 0 Å². The van der Waals surface area contributed by atoms with Gasteiger partial charge in [-0.2, -0.15) is 0 Å². The van der Waals surface area contributed by atoms with Gasteiger partial charge in [-0.15, -0.1) is 0 Å². The number of fused-ring (bicyclic) bond motifs is 20. The summed E-state index contributed by atoms with van der Waals surface area (Å²) in [6.45, 7) is 0. The topological polar surface area (TPSA) is 52.0 Å². The lowest BCUT2D eigenvalue weighted by atomic mass is 9.92. The summed E-state index contributed by atoms with van der Waals surface area (Å²) >= 11 is 0. The summed E-state index contributed by atoms with van der Waals surface area (Å²) in [6, 6.07) is 103. The van der Waals surface area contributed by atoms with Crippen LogP contribution in [0.4, 0.5) is 17.1 Å². The van der Waals surface area contributed by atoms with Crippen molar-refractivity contribution in [3.63, 3.8) is 0 Å². The monoisotopic (exact) mass is 1070 g/mol. The van der Waals surface area contributed by atoms with Crippen LogP contribution >= 0.6 is 0 Å². The first-order valence-corrected chi connectivity index (χ1v) is 28.6. The van der Waals surface area contributed by atoms with Crippen LogP contribution in [0.25, 0.3) is 154 Å². The van der Waals surface area contributed by atoms with E-state index in [1.54, 1.807) is 0 Å². The van der Waals surface area contributed by atoms with Crippen LogP contribution in [0.3, 0.4) is 0 Å². The predicted molar refractivity (Wildman–Crippen MR) is 351 cm³/mol.